The molecule has 0 aliphatic heterocycles. The maximum Gasteiger partial charge on any atom is 0.124 e. The highest BCUT2D eigenvalue weighted by Crippen LogP contribution is 2.51. The van der Waals surface area contributed by atoms with Gasteiger partial charge in [-0.3, -0.25) is 0 Å². The van der Waals surface area contributed by atoms with E-state index in [1.165, 1.54) is 25.7 Å². The number of ether oxygens (including phenoxy) is 1. The van der Waals surface area contributed by atoms with E-state index in [1.54, 1.807) is 7.11 Å². The molecule has 0 amide bonds. The van der Waals surface area contributed by atoms with Gasteiger partial charge in [0.1, 0.15) is 5.75 Å². The Morgan fingerprint density at radius 3 is 2.84 bits per heavy atom. The van der Waals surface area contributed by atoms with Crippen molar-refractivity contribution in [3.05, 3.63) is 28.2 Å². The van der Waals surface area contributed by atoms with Gasteiger partial charge in [-0.05, 0) is 61.6 Å². The second-order valence-electron chi connectivity index (χ2n) is 6.07. The molecule has 3 heteroatoms. The smallest absolute Gasteiger partial charge is 0.124 e. The molecule has 19 heavy (non-hydrogen) atoms. The molecular formula is C16H21BrO2. The largest absolute Gasteiger partial charge is 0.496 e. The van der Waals surface area contributed by atoms with Gasteiger partial charge in [0.25, 0.3) is 0 Å². The zero-order valence-electron chi connectivity index (χ0n) is 11.3. The van der Waals surface area contributed by atoms with Crippen LogP contribution in [0.5, 0.6) is 5.75 Å². The number of methoxy groups -OCH3 is 1. The second kappa shape index (κ2) is 5.45. The summed E-state index contributed by atoms with van der Waals surface area (Å²) in [6, 6.07) is 5.85. The van der Waals surface area contributed by atoms with Crippen LogP contribution in [-0.2, 0) is 0 Å². The van der Waals surface area contributed by atoms with E-state index in [4.69, 9.17) is 4.74 Å². The molecule has 3 rings (SSSR count). The summed E-state index contributed by atoms with van der Waals surface area (Å²) in [6.45, 7) is 0. The Morgan fingerprint density at radius 1 is 1.37 bits per heavy atom. The van der Waals surface area contributed by atoms with Crippen LogP contribution in [0.1, 0.15) is 43.8 Å². The number of fused-ring (bicyclic) bond motifs is 2. The van der Waals surface area contributed by atoms with Crippen LogP contribution < -0.4 is 4.74 Å². The highest BCUT2D eigenvalue weighted by molar-refractivity contribution is 9.10. The normalized spacial score (nSPS) is 30.6. The lowest BCUT2D eigenvalue weighted by atomic mass is 9.83. The lowest BCUT2D eigenvalue weighted by Gasteiger charge is -2.25. The first-order chi connectivity index (χ1) is 9.17. The average molecular weight is 325 g/mol. The Balaban J connectivity index is 1.73. The van der Waals surface area contributed by atoms with Crippen LogP contribution in [0.3, 0.4) is 0 Å². The molecule has 2 aliphatic carbocycles. The van der Waals surface area contributed by atoms with Gasteiger partial charge >= 0.3 is 0 Å². The topological polar surface area (TPSA) is 29.5 Å². The molecule has 1 aromatic rings. The molecule has 0 saturated heterocycles. The number of hydrogen-bond acceptors (Lipinski definition) is 2. The predicted octanol–water partition coefficient (Wildman–Crippen LogP) is 4.32. The van der Waals surface area contributed by atoms with E-state index in [0.29, 0.717) is 5.92 Å². The fraction of sp³-hybridized carbons (Fsp3) is 0.625. The van der Waals surface area contributed by atoms with Crippen molar-refractivity contribution in [2.24, 2.45) is 17.8 Å². The number of benzene rings is 1. The summed E-state index contributed by atoms with van der Waals surface area (Å²) in [5.41, 5.74) is 0.916. The van der Waals surface area contributed by atoms with Gasteiger partial charge in [0.05, 0.1) is 13.2 Å². The molecule has 104 valence electrons. The van der Waals surface area contributed by atoms with Crippen molar-refractivity contribution < 1.29 is 9.84 Å². The monoisotopic (exact) mass is 324 g/mol. The van der Waals surface area contributed by atoms with Crippen LogP contribution >= 0.6 is 15.9 Å². The van der Waals surface area contributed by atoms with Crippen molar-refractivity contribution >= 4 is 15.9 Å². The zero-order valence-corrected chi connectivity index (χ0v) is 12.9. The van der Waals surface area contributed by atoms with E-state index in [0.717, 1.165) is 34.0 Å². The molecule has 2 aliphatic rings. The van der Waals surface area contributed by atoms with Crippen LogP contribution in [0, 0.1) is 17.8 Å². The quantitative estimate of drug-likeness (QED) is 0.893. The Kier molecular flexibility index (Phi) is 3.86. The van der Waals surface area contributed by atoms with Crippen molar-refractivity contribution in [1.82, 2.24) is 0 Å². The van der Waals surface area contributed by atoms with Gasteiger partial charge in [-0.1, -0.05) is 22.4 Å². The molecule has 0 spiro atoms. The van der Waals surface area contributed by atoms with Crippen molar-refractivity contribution in [3.63, 3.8) is 0 Å². The lowest BCUT2D eigenvalue weighted by Crippen LogP contribution is -2.14. The van der Waals surface area contributed by atoms with Crippen LogP contribution in [0.15, 0.2) is 22.7 Å². The first-order valence-corrected chi connectivity index (χ1v) is 7.98. The third-order valence-electron chi connectivity index (χ3n) is 4.96. The number of aliphatic hydroxyl groups is 1. The summed E-state index contributed by atoms with van der Waals surface area (Å²) < 4.78 is 6.36. The highest BCUT2D eigenvalue weighted by atomic mass is 79.9. The minimum Gasteiger partial charge on any atom is -0.496 e. The molecule has 1 N–H and O–H groups in total. The number of aliphatic hydroxyl groups excluding tert-OH is 1. The van der Waals surface area contributed by atoms with E-state index in [9.17, 15) is 5.11 Å². The van der Waals surface area contributed by atoms with Gasteiger partial charge in [-0.2, -0.15) is 0 Å². The molecule has 2 saturated carbocycles. The molecule has 0 heterocycles. The van der Waals surface area contributed by atoms with Crippen LogP contribution in [-0.4, -0.2) is 12.2 Å². The number of hydrogen-bond donors (Lipinski definition) is 1. The number of rotatable bonds is 4. The molecule has 2 fully saturated rings. The van der Waals surface area contributed by atoms with Crippen LogP contribution in [0.4, 0.5) is 0 Å². The molecule has 1 aromatic carbocycles. The maximum atomic E-state index is 10.5. The fourth-order valence-corrected chi connectivity index (χ4v) is 4.42. The SMILES string of the molecule is COc1ccc(Br)cc1C(O)CC1CC2CCC1C2. The standard InChI is InChI=1S/C16H21BrO2/c1-19-16-5-4-13(17)9-14(16)15(18)8-12-7-10-2-3-11(12)6-10/h4-5,9-12,15,18H,2-3,6-8H2,1H3. The van der Waals surface area contributed by atoms with Crippen molar-refractivity contribution in [1.29, 1.82) is 0 Å². The van der Waals surface area contributed by atoms with Crippen LogP contribution in [0.25, 0.3) is 0 Å². The summed E-state index contributed by atoms with van der Waals surface area (Å²) in [5.74, 6) is 3.29. The van der Waals surface area contributed by atoms with Gasteiger partial charge in [-0.15, -0.1) is 0 Å². The Morgan fingerprint density at radius 2 is 2.21 bits per heavy atom. The maximum absolute atomic E-state index is 10.5. The van der Waals surface area contributed by atoms with Gasteiger partial charge in [0.2, 0.25) is 0 Å². The minimum absolute atomic E-state index is 0.406. The molecule has 4 unspecified atom stereocenters. The molecule has 0 aromatic heterocycles. The fourth-order valence-electron chi connectivity index (χ4n) is 4.04. The first kappa shape index (κ1) is 13.4. The third kappa shape index (κ3) is 2.68. The molecule has 2 nitrogen and oxygen atoms in total. The summed E-state index contributed by atoms with van der Waals surface area (Å²) in [5, 5.41) is 10.5. The average Bonchev–Trinajstić information content (AvgIpc) is 3.01. The van der Waals surface area contributed by atoms with E-state index >= 15 is 0 Å². The van der Waals surface area contributed by atoms with Gasteiger partial charge < -0.3 is 9.84 Å². The zero-order chi connectivity index (χ0) is 13.4. The third-order valence-corrected chi connectivity index (χ3v) is 5.45. The molecule has 4 atom stereocenters. The van der Waals surface area contributed by atoms with Gasteiger partial charge in [0.15, 0.2) is 0 Å². The van der Waals surface area contributed by atoms with E-state index < -0.39 is 6.10 Å². The van der Waals surface area contributed by atoms with Crippen molar-refractivity contribution in [2.45, 2.75) is 38.2 Å². The summed E-state index contributed by atoms with van der Waals surface area (Å²) >= 11 is 3.47. The summed E-state index contributed by atoms with van der Waals surface area (Å²) in [4.78, 5) is 0. The Hall–Kier alpha value is -0.540. The predicted molar refractivity (Wildman–Crippen MR) is 79.2 cm³/mol. The minimum atomic E-state index is -0.406. The number of halogens is 1. The second-order valence-corrected chi connectivity index (χ2v) is 6.99. The van der Waals surface area contributed by atoms with Crippen molar-refractivity contribution in [2.75, 3.05) is 7.11 Å². The van der Waals surface area contributed by atoms with Gasteiger partial charge in [-0.25, -0.2) is 0 Å². The molecule has 0 radical (unpaired) electrons. The molecule has 2 bridgehead atoms. The van der Waals surface area contributed by atoms with Crippen LogP contribution in [0.2, 0.25) is 0 Å². The summed E-state index contributed by atoms with van der Waals surface area (Å²) in [7, 11) is 1.66. The summed E-state index contributed by atoms with van der Waals surface area (Å²) in [6.07, 6.45) is 5.98. The Labute approximate surface area is 123 Å². The van der Waals surface area contributed by atoms with Crippen molar-refractivity contribution in [3.8, 4) is 5.75 Å². The molecular weight excluding hydrogens is 304 g/mol. The Bertz CT molecular complexity index is 460. The van der Waals surface area contributed by atoms with E-state index in [-0.39, 0.29) is 0 Å². The lowest BCUT2D eigenvalue weighted by molar-refractivity contribution is 0.123. The van der Waals surface area contributed by atoms with Gasteiger partial charge in [0, 0.05) is 10.0 Å². The highest BCUT2D eigenvalue weighted by Gasteiger charge is 2.40. The first-order valence-electron chi connectivity index (χ1n) is 7.19. The van der Waals surface area contributed by atoms with E-state index in [1.807, 2.05) is 18.2 Å². The van der Waals surface area contributed by atoms with E-state index in [2.05, 4.69) is 15.9 Å².